The van der Waals surface area contributed by atoms with Crippen molar-refractivity contribution in [3.8, 4) is 17.1 Å². The summed E-state index contributed by atoms with van der Waals surface area (Å²) in [7, 11) is 0. The Balaban J connectivity index is 1.48. The summed E-state index contributed by atoms with van der Waals surface area (Å²) in [4.78, 5) is 13.1. The van der Waals surface area contributed by atoms with E-state index in [1.54, 1.807) is 0 Å². The highest BCUT2D eigenvalue weighted by atomic mass is 32.2. The van der Waals surface area contributed by atoms with Crippen molar-refractivity contribution < 1.29 is 14.0 Å². The molecule has 2 aliphatic heterocycles. The molecule has 0 saturated carbocycles. The first kappa shape index (κ1) is 37.6. The first-order chi connectivity index (χ1) is 23.5. The molecular weight excluding hydrogens is 629 g/mol. The van der Waals surface area contributed by atoms with Crippen LogP contribution in [-0.2, 0) is 22.5 Å². The molecule has 268 valence electrons. The minimum Gasteiger partial charge on any atom is -0.588 e. The lowest BCUT2D eigenvalue weighted by molar-refractivity contribution is 0.00964. The van der Waals surface area contributed by atoms with Crippen molar-refractivity contribution in [2.75, 3.05) is 37.6 Å². The van der Waals surface area contributed by atoms with Crippen LogP contribution in [0.25, 0.3) is 11.3 Å². The molecule has 2 aliphatic rings. The molecule has 7 nitrogen and oxygen atoms in total. The van der Waals surface area contributed by atoms with Crippen molar-refractivity contribution in [3.05, 3.63) is 65.2 Å². The van der Waals surface area contributed by atoms with Crippen LogP contribution in [0.4, 0.5) is 5.95 Å². The zero-order chi connectivity index (χ0) is 35.0. The lowest BCUT2D eigenvalue weighted by atomic mass is 9.71. The van der Waals surface area contributed by atoms with Crippen molar-refractivity contribution in [2.24, 2.45) is 23.2 Å². The number of fused-ring (bicyclic) bond motifs is 4. The number of hydrogen-bond acceptors (Lipinski definition) is 7. The maximum absolute atomic E-state index is 13.6. The van der Waals surface area contributed by atoms with Gasteiger partial charge in [0.1, 0.15) is 11.4 Å². The van der Waals surface area contributed by atoms with Gasteiger partial charge in [-0.2, -0.15) is 9.71 Å². The molecule has 5 rings (SSSR count). The fourth-order valence-corrected chi connectivity index (χ4v) is 8.88. The van der Waals surface area contributed by atoms with E-state index in [4.69, 9.17) is 19.4 Å². The van der Waals surface area contributed by atoms with Gasteiger partial charge in [-0.3, -0.25) is 4.90 Å². The van der Waals surface area contributed by atoms with Gasteiger partial charge in [0.15, 0.2) is 4.90 Å². The van der Waals surface area contributed by atoms with Crippen LogP contribution >= 0.6 is 0 Å². The minimum atomic E-state index is -1.51. The van der Waals surface area contributed by atoms with Crippen LogP contribution < -0.4 is 9.46 Å². The molecule has 1 aromatic heterocycles. The Morgan fingerprint density at radius 3 is 2.45 bits per heavy atom. The van der Waals surface area contributed by atoms with E-state index in [2.05, 4.69) is 88.4 Å². The zero-order valence-electron chi connectivity index (χ0n) is 31.1. The number of unbranched alkanes of at least 4 members (excludes halogenated alkanes) is 1. The molecule has 1 N–H and O–H groups in total. The van der Waals surface area contributed by atoms with Crippen LogP contribution in [0.5, 0.6) is 5.88 Å². The van der Waals surface area contributed by atoms with Crippen LogP contribution in [0.2, 0.25) is 0 Å². The molecule has 3 heterocycles. The predicted molar refractivity (Wildman–Crippen MR) is 202 cm³/mol. The minimum absolute atomic E-state index is 0.146. The second kappa shape index (κ2) is 17.5. The number of anilines is 1. The van der Waals surface area contributed by atoms with Crippen LogP contribution in [0.1, 0.15) is 96.3 Å². The Kier molecular flexibility index (Phi) is 13.4. The molecule has 0 amide bonds. The highest BCUT2D eigenvalue weighted by Crippen LogP contribution is 2.39. The third-order valence-electron chi connectivity index (χ3n) is 10.6. The van der Waals surface area contributed by atoms with E-state index < -0.39 is 11.4 Å². The Morgan fingerprint density at radius 2 is 1.73 bits per heavy atom. The highest BCUT2D eigenvalue weighted by Gasteiger charge is 2.33. The Bertz CT molecular complexity index is 1470. The van der Waals surface area contributed by atoms with E-state index >= 15 is 0 Å². The number of aryl methyl sites for hydroxylation is 3. The topological polar surface area (TPSA) is 82.6 Å². The zero-order valence-corrected chi connectivity index (χ0v) is 31.9. The molecule has 1 saturated heterocycles. The van der Waals surface area contributed by atoms with Gasteiger partial charge in [-0.1, -0.05) is 77.8 Å². The summed E-state index contributed by atoms with van der Waals surface area (Å²) >= 11 is -1.51. The number of ether oxygens (including phenoxy) is 2. The quantitative estimate of drug-likeness (QED) is 0.213. The van der Waals surface area contributed by atoms with Crippen molar-refractivity contribution in [1.29, 1.82) is 0 Å². The molecule has 2 aromatic carbocycles. The molecule has 4 bridgehead atoms. The number of hydrogen-bond donors (Lipinski definition) is 1. The summed E-state index contributed by atoms with van der Waals surface area (Å²) in [6, 6.07) is 17.1. The van der Waals surface area contributed by atoms with E-state index in [1.807, 2.05) is 18.2 Å². The first-order valence-electron chi connectivity index (χ1n) is 18.7. The summed E-state index contributed by atoms with van der Waals surface area (Å²) in [5.74, 6) is 2.18. The molecule has 49 heavy (non-hydrogen) atoms. The van der Waals surface area contributed by atoms with Crippen molar-refractivity contribution in [2.45, 2.75) is 111 Å². The Morgan fingerprint density at radius 1 is 1.00 bits per heavy atom. The Labute approximate surface area is 299 Å². The number of benzene rings is 2. The van der Waals surface area contributed by atoms with Crippen molar-refractivity contribution in [1.82, 2.24) is 14.9 Å². The normalized spacial score (nSPS) is 22.0. The first-order valence-corrected chi connectivity index (χ1v) is 19.8. The fraction of sp³-hybridized carbons (Fsp3) is 0.610. The van der Waals surface area contributed by atoms with E-state index in [0.29, 0.717) is 42.2 Å². The molecule has 0 spiro atoms. The largest absolute Gasteiger partial charge is 0.588 e. The summed E-state index contributed by atoms with van der Waals surface area (Å²) in [6.07, 6.45) is 9.26. The van der Waals surface area contributed by atoms with Gasteiger partial charge in [0.05, 0.1) is 25.5 Å². The number of nitrogens with one attached hydrogen (secondary N) is 1. The van der Waals surface area contributed by atoms with Crippen LogP contribution in [0.15, 0.2) is 53.4 Å². The average Bonchev–Trinajstić information content (AvgIpc) is 3.06. The molecule has 5 atom stereocenters. The average molecular weight is 689 g/mol. The van der Waals surface area contributed by atoms with Crippen molar-refractivity contribution >= 4 is 17.3 Å². The number of aromatic nitrogens is 2. The van der Waals surface area contributed by atoms with Crippen molar-refractivity contribution in [3.63, 3.8) is 0 Å². The van der Waals surface area contributed by atoms with Gasteiger partial charge in [0.2, 0.25) is 5.88 Å². The summed E-state index contributed by atoms with van der Waals surface area (Å²) < 4.78 is 29.2. The van der Waals surface area contributed by atoms with E-state index in [9.17, 15) is 4.55 Å². The van der Waals surface area contributed by atoms with Gasteiger partial charge >= 0.3 is 0 Å². The van der Waals surface area contributed by atoms with Gasteiger partial charge in [-0.15, -0.1) is 0 Å². The SMILES string of the molecule is CCCC[C@@H](CCC(C)C1CCc2cccc(c2)[S+]([O-])Nc2nc(cc(-c3c(C)cccc3C)n2)OC[C@H]1CC(C)(C)C)N1CCOCC1. The molecule has 0 radical (unpaired) electrons. The monoisotopic (exact) mass is 688 g/mol. The van der Waals surface area contributed by atoms with Crippen LogP contribution in [-0.4, -0.2) is 58.4 Å². The smallest absolute Gasteiger partial charge is 0.269 e. The second-order valence-corrected chi connectivity index (χ2v) is 17.0. The number of morpholine rings is 1. The summed E-state index contributed by atoms with van der Waals surface area (Å²) in [5, 5.41) is 0. The molecule has 1 fully saturated rings. The van der Waals surface area contributed by atoms with E-state index in [-0.39, 0.29) is 5.41 Å². The summed E-state index contributed by atoms with van der Waals surface area (Å²) in [5.41, 5.74) is 5.47. The molecule has 3 aromatic rings. The summed E-state index contributed by atoms with van der Waals surface area (Å²) in [6.45, 7) is 20.4. The third-order valence-corrected chi connectivity index (χ3v) is 11.6. The molecular formula is C41H60N4O3S. The van der Waals surface area contributed by atoms with E-state index in [1.165, 1.54) is 37.7 Å². The number of rotatable bonds is 10. The fourth-order valence-electron chi connectivity index (χ4n) is 8.04. The van der Waals surface area contributed by atoms with E-state index in [0.717, 1.165) is 72.8 Å². The molecule has 0 aliphatic carbocycles. The lowest BCUT2D eigenvalue weighted by Crippen LogP contribution is -2.43. The van der Waals surface area contributed by atoms with Crippen LogP contribution in [0, 0.1) is 37.0 Å². The van der Waals surface area contributed by atoms with Gasteiger partial charge in [-0.05, 0) is 104 Å². The lowest BCUT2D eigenvalue weighted by Gasteiger charge is -2.38. The maximum Gasteiger partial charge on any atom is 0.269 e. The highest BCUT2D eigenvalue weighted by molar-refractivity contribution is 7.92. The predicted octanol–water partition coefficient (Wildman–Crippen LogP) is 9.20. The maximum atomic E-state index is 13.6. The number of nitrogens with zero attached hydrogens (tertiary/aromatic N) is 3. The second-order valence-electron chi connectivity index (χ2n) is 15.7. The molecule has 3 unspecified atom stereocenters. The van der Waals surface area contributed by atoms with Gasteiger partial charge in [0.25, 0.3) is 5.95 Å². The van der Waals surface area contributed by atoms with Gasteiger partial charge < -0.3 is 14.0 Å². The third kappa shape index (κ3) is 10.7. The van der Waals surface area contributed by atoms with Crippen LogP contribution in [0.3, 0.4) is 0 Å². The standard InChI is InChI=1S/C41H60N4O3S/c1-8-9-15-34(45-21-23-47-24-22-45)19-17-29(2)36-20-18-32-14-11-16-35(25-32)49(46)44-40-42-37(39-30(3)12-10-13-31(39)4)26-38(43-40)48-28-33(36)27-41(5,6)7/h10-14,16,25-26,29,33-34,36H,8-9,15,17-24,27-28H2,1-7H3,(H,42,43,44)/t29?,33-,34+,36?,49?/m1/s1. The Hall–Kier alpha value is -2.65. The molecule has 8 heteroatoms. The van der Waals surface area contributed by atoms with Gasteiger partial charge in [0, 0.05) is 30.8 Å². The van der Waals surface area contributed by atoms with Gasteiger partial charge in [-0.25, -0.2) is 4.98 Å².